The molecule has 30 heavy (non-hydrogen) atoms. The molecule has 1 aromatic carbocycles. The molecule has 1 aromatic rings. The fourth-order valence-corrected chi connectivity index (χ4v) is 5.13. The number of primary amides is 1. The number of hydrogen-bond acceptors (Lipinski definition) is 7. The Morgan fingerprint density at radius 1 is 0.867 bits per heavy atom. The molecule has 0 aromatic heterocycles. The molecule has 1 rings (SSSR count). The first kappa shape index (κ1) is 26.0. The predicted molar refractivity (Wildman–Crippen MR) is 117 cm³/mol. The summed E-state index contributed by atoms with van der Waals surface area (Å²) in [6.45, 7) is 3.10. The average molecular weight is 616 g/mol. The number of anilines is 1. The highest BCUT2D eigenvalue weighted by Gasteiger charge is 2.29. The normalized spacial score (nSPS) is 10.4. The second kappa shape index (κ2) is 11.4. The third-order valence-electron chi connectivity index (χ3n) is 3.40. The fraction of sp³-hybridized carbons (Fsp3) is 0.353. The molecule has 0 saturated carbocycles. The van der Waals surface area contributed by atoms with Crippen molar-refractivity contribution in [3.05, 3.63) is 24.5 Å². The molecule has 0 heterocycles. The zero-order valence-corrected chi connectivity index (χ0v) is 20.8. The molecule has 0 aliphatic rings. The molecular formula is C17H18Br3N3O7. The van der Waals surface area contributed by atoms with Gasteiger partial charge < -0.3 is 25.8 Å². The monoisotopic (exact) mass is 613 g/mol. The highest BCUT2D eigenvalue weighted by molar-refractivity contribution is 9.11. The zero-order chi connectivity index (χ0) is 23.2. The van der Waals surface area contributed by atoms with Crippen LogP contribution in [0.1, 0.15) is 41.5 Å². The Kier molecular flexibility index (Phi) is 9.91. The van der Waals surface area contributed by atoms with Crippen molar-refractivity contribution in [2.75, 3.05) is 18.5 Å². The smallest absolute Gasteiger partial charge is 0.302 e. The van der Waals surface area contributed by atoms with Crippen molar-refractivity contribution in [3.8, 4) is 0 Å². The maximum absolute atomic E-state index is 13.0. The number of hydrogen-bond donors (Lipinski definition) is 3. The summed E-state index contributed by atoms with van der Waals surface area (Å²) in [5, 5.41) is 5.07. The Hall–Kier alpha value is -1.99. The first-order chi connectivity index (χ1) is 13.9. The number of nitrogens with two attached hydrogens (primary N) is 1. The molecule has 3 amide bonds. The number of amides is 3. The third-order valence-corrected chi connectivity index (χ3v) is 5.78. The number of rotatable bonds is 8. The van der Waals surface area contributed by atoms with Gasteiger partial charge in [0.2, 0.25) is 5.91 Å². The van der Waals surface area contributed by atoms with E-state index in [9.17, 15) is 24.0 Å². The lowest BCUT2D eigenvalue weighted by molar-refractivity contribution is -0.144. The van der Waals surface area contributed by atoms with Gasteiger partial charge in [-0.3, -0.25) is 24.0 Å². The van der Waals surface area contributed by atoms with Crippen molar-refractivity contribution in [2.45, 2.75) is 26.8 Å². The van der Waals surface area contributed by atoms with E-state index in [1.165, 1.54) is 20.8 Å². The summed E-state index contributed by atoms with van der Waals surface area (Å²) in [4.78, 5) is 58.7. The van der Waals surface area contributed by atoms with Gasteiger partial charge >= 0.3 is 11.9 Å². The van der Waals surface area contributed by atoms with E-state index in [0.717, 1.165) is 0 Å². The summed E-state index contributed by atoms with van der Waals surface area (Å²) in [6, 6.07) is -0.881. The highest BCUT2D eigenvalue weighted by atomic mass is 79.9. The van der Waals surface area contributed by atoms with E-state index < -0.39 is 35.7 Å². The van der Waals surface area contributed by atoms with E-state index in [2.05, 4.69) is 58.4 Å². The topological polar surface area (TPSA) is 154 Å². The second-order valence-electron chi connectivity index (χ2n) is 5.89. The summed E-state index contributed by atoms with van der Waals surface area (Å²) in [6.07, 6.45) is 0. The molecule has 0 fully saturated rings. The minimum atomic E-state index is -0.881. The first-order valence-electron chi connectivity index (χ1n) is 8.22. The van der Waals surface area contributed by atoms with Crippen molar-refractivity contribution in [1.29, 1.82) is 0 Å². The van der Waals surface area contributed by atoms with Crippen LogP contribution in [0.2, 0.25) is 0 Å². The van der Waals surface area contributed by atoms with Crippen LogP contribution in [0.15, 0.2) is 13.4 Å². The lowest BCUT2D eigenvalue weighted by atomic mass is 10.1. The van der Waals surface area contributed by atoms with Crippen LogP contribution in [-0.4, -0.2) is 48.9 Å². The van der Waals surface area contributed by atoms with E-state index in [1.54, 1.807) is 0 Å². The van der Waals surface area contributed by atoms with Gasteiger partial charge in [0.05, 0.1) is 31.8 Å². The molecule has 0 bridgehead atoms. The van der Waals surface area contributed by atoms with Gasteiger partial charge in [-0.2, -0.15) is 0 Å². The second-order valence-corrected chi connectivity index (χ2v) is 8.27. The zero-order valence-electron chi connectivity index (χ0n) is 16.1. The number of esters is 2. The van der Waals surface area contributed by atoms with Crippen LogP contribution in [0, 0.1) is 0 Å². The van der Waals surface area contributed by atoms with E-state index in [-0.39, 0.29) is 43.4 Å². The van der Waals surface area contributed by atoms with Gasteiger partial charge in [0, 0.05) is 25.2 Å². The molecule has 4 N–H and O–H groups in total. The summed E-state index contributed by atoms with van der Waals surface area (Å²) in [5.74, 6) is -3.22. The Labute approximate surface area is 197 Å². The van der Waals surface area contributed by atoms with Crippen LogP contribution < -0.4 is 16.4 Å². The molecule has 0 unspecified atom stereocenters. The predicted octanol–water partition coefficient (Wildman–Crippen LogP) is 2.26. The summed E-state index contributed by atoms with van der Waals surface area (Å²) < 4.78 is 10.1. The number of halogens is 3. The molecule has 0 spiro atoms. The molecule has 10 nitrogen and oxygen atoms in total. The molecule has 164 valence electrons. The minimum absolute atomic E-state index is 0.0547. The van der Waals surface area contributed by atoms with Crippen molar-refractivity contribution >= 4 is 83.1 Å². The van der Waals surface area contributed by atoms with Crippen molar-refractivity contribution < 1.29 is 33.4 Å². The number of carbonyl (C=O) groups excluding carboxylic acids is 5. The van der Waals surface area contributed by atoms with Crippen LogP contribution in [0.4, 0.5) is 5.69 Å². The number of carbonyl (C=O) groups is 5. The number of benzene rings is 1. The van der Waals surface area contributed by atoms with E-state index in [4.69, 9.17) is 15.2 Å². The standard InChI is InChI=1S/C17H18Br3N3O7/c1-6(24)22-15-13(19)10(16(21)27)12(18)11(14(15)20)17(28)23-9(4-29-7(2)25)5-30-8(3)26/h9H,4-5H2,1-3H3,(H2,21,27)(H,22,24)(H,23,28). The van der Waals surface area contributed by atoms with Gasteiger partial charge in [0.15, 0.2) is 0 Å². The van der Waals surface area contributed by atoms with Gasteiger partial charge in [0.1, 0.15) is 13.2 Å². The number of ether oxygens (including phenoxy) is 2. The maximum atomic E-state index is 13.0. The third kappa shape index (κ3) is 7.06. The Morgan fingerprint density at radius 2 is 1.33 bits per heavy atom. The highest BCUT2D eigenvalue weighted by Crippen LogP contribution is 2.42. The Bertz CT molecular complexity index is 887. The molecular weight excluding hydrogens is 598 g/mol. The Morgan fingerprint density at radius 3 is 1.73 bits per heavy atom. The van der Waals surface area contributed by atoms with Gasteiger partial charge in [0.25, 0.3) is 11.8 Å². The molecule has 0 aliphatic heterocycles. The Balaban J connectivity index is 3.41. The molecule has 0 aliphatic carbocycles. The summed E-state index contributed by atoms with van der Waals surface area (Å²) in [5.41, 5.74) is 5.39. The van der Waals surface area contributed by atoms with Crippen LogP contribution in [0.25, 0.3) is 0 Å². The fourth-order valence-electron chi connectivity index (χ4n) is 2.19. The van der Waals surface area contributed by atoms with Crippen molar-refractivity contribution in [3.63, 3.8) is 0 Å². The quantitative estimate of drug-likeness (QED) is 0.379. The largest absolute Gasteiger partial charge is 0.464 e. The van der Waals surface area contributed by atoms with E-state index in [1.807, 2.05) is 0 Å². The molecule has 0 atom stereocenters. The SMILES string of the molecule is CC(=O)Nc1c(Br)c(C(N)=O)c(Br)c(C(=O)NC(COC(C)=O)COC(C)=O)c1Br. The van der Waals surface area contributed by atoms with Crippen LogP contribution in [-0.2, 0) is 23.9 Å². The van der Waals surface area contributed by atoms with Gasteiger partial charge in [-0.25, -0.2) is 0 Å². The summed E-state index contributed by atoms with van der Waals surface area (Å²) in [7, 11) is 0. The van der Waals surface area contributed by atoms with E-state index in [0.29, 0.717) is 0 Å². The maximum Gasteiger partial charge on any atom is 0.302 e. The molecule has 13 heteroatoms. The van der Waals surface area contributed by atoms with Gasteiger partial charge in [-0.15, -0.1) is 0 Å². The number of nitrogens with one attached hydrogen (secondary N) is 2. The first-order valence-corrected chi connectivity index (χ1v) is 10.6. The molecule has 0 saturated heterocycles. The van der Waals surface area contributed by atoms with E-state index >= 15 is 0 Å². The average Bonchev–Trinajstić information content (AvgIpc) is 2.60. The van der Waals surface area contributed by atoms with Crippen LogP contribution in [0.5, 0.6) is 0 Å². The van der Waals surface area contributed by atoms with Crippen LogP contribution >= 0.6 is 47.8 Å². The lowest BCUT2D eigenvalue weighted by Gasteiger charge is -2.21. The van der Waals surface area contributed by atoms with Crippen molar-refractivity contribution in [1.82, 2.24) is 5.32 Å². The van der Waals surface area contributed by atoms with Gasteiger partial charge in [-0.05, 0) is 47.8 Å². The van der Waals surface area contributed by atoms with Crippen LogP contribution in [0.3, 0.4) is 0 Å². The summed E-state index contributed by atoms with van der Waals surface area (Å²) >= 11 is 9.65. The lowest BCUT2D eigenvalue weighted by Crippen LogP contribution is -2.42. The van der Waals surface area contributed by atoms with Crippen molar-refractivity contribution in [2.24, 2.45) is 5.73 Å². The van der Waals surface area contributed by atoms with Gasteiger partial charge in [-0.1, -0.05) is 0 Å². The minimum Gasteiger partial charge on any atom is -0.464 e. The molecule has 0 radical (unpaired) electrons.